The van der Waals surface area contributed by atoms with Crippen molar-refractivity contribution in [3.8, 4) is 0 Å². The highest BCUT2D eigenvalue weighted by Gasteiger charge is 2.17. The normalized spacial score (nSPS) is 10.3. The summed E-state index contributed by atoms with van der Waals surface area (Å²) in [4.78, 5) is 5.05. The van der Waals surface area contributed by atoms with Crippen molar-refractivity contribution >= 4 is 68.5 Å². The second-order valence-electron chi connectivity index (χ2n) is 7.80. The van der Waals surface area contributed by atoms with Crippen LogP contribution in [0.1, 0.15) is 0 Å². The molecule has 0 aromatic heterocycles. The summed E-state index contributed by atoms with van der Waals surface area (Å²) in [6.45, 7) is 0. The third-order valence-electron chi connectivity index (χ3n) is 5.43. The van der Waals surface area contributed by atoms with E-state index < -0.39 is 0 Å². The first-order valence-electron chi connectivity index (χ1n) is 10.9. The maximum absolute atomic E-state index is 5.72. The van der Waals surface area contributed by atoms with Crippen LogP contribution in [-0.2, 0) is 0 Å². The summed E-state index contributed by atoms with van der Waals surface area (Å²) in [6, 6.07) is 36.4. The lowest BCUT2D eigenvalue weighted by molar-refractivity contribution is 1.27. The maximum atomic E-state index is 5.72. The molecule has 34 heavy (non-hydrogen) atoms. The van der Waals surface area contributed by atoms with Crippen molar-refractivity contribution in [1.29, 1.82) is 0 Å². The molecule has 0 fully saturated rings. The molecule has 0 aliphatic heterocycles. The third-order valence-corrected chi connectivity index (χ3v) is 6.49. The third kappa shape index (κ3) is 5.78. The molecule has 0 radical (unpaired) electrons. The van der Waals surface area contributed by atoms with Gasteiger partial charge in [-0.25, -0.2) is 0 Å². The van der Waals surface area contributed by atoms with Crippen molar-refractivity contribution in [2.24, 2.45) is 0 Å². The first-order chi connectivity index (χ1) is 16.5. The Morgan fingerprint density at radius 2 is 0.765 bits per heavy atom. The van der Waals surface area contributed by atoms with Gasteiger partial charge in [-0.05, 0) is 72.8 Å². The quantitative estimate of drug-likeness (QED) is 0.278. The van der Waals surface area contributed by atoms with Crippen LogP contribution in [0.25, 0.3) is 0 Å². The van der Waals surface area contributed by atoms with E-state index in [-0.39, 0.29) is 0 Å². The molecule has 0 spiro atoms. The van der Waals surface area contributed by atoms with Crippen LogP contribution in [-0.4, -0.2) is 24.1 Å². The van der Waals surface area contributed by atoms with Gasteiger partial charge in [0.25, 0.3) is 0 Å². The highest BCUT2D eigenvalue weighted by Crippen LogP contribution is 2.24. The molecule has 0 bridgehead atoms. The summed E-state index contributed by atoms with van der Waals surface area (Å²) in [7, 11) is 3.88. The van der Waals surface area contributed by atoms with Crippen LogP contribution in [0.3, 0.4) is 0 Å². The van der Waals surface area contributed by atoms with Crippen molar-refractivity contribution in [2.75, 3.05) is 34.5 Å². The van der Waals surface area contributed by atoms with E-state index in [0.29, 0.717) is 9.98 Å². The predicted molar refractivity (Wildman–Crippen MR) is 154 cm³/mol. The lowest BCUT2D eigenvalue weighted by Crippen LogP contribution is -2.39. The van der Waals surface area contributed by atoms with Gasteiger partial charge < -0.3 is 20.4 Å². The van der Waals surface area contributed by atoms with Gasteiger partial charge in [-0.15, -0.1) is 0 Å². The van der Waals surface area contributed by atoms with Gasteiger partial charge in [0, 0.05) is 48.2 Å². The fourth-order valence-corrected chi connectivity index (χ4v) is 3.92. The zero-order chi connectivity index (χ0) is 23.9. The van der Waals surface area contributed by atoms with Gasteiger partial charge in [-0.3, -0.25) is 0 Å². The van der Waals surface area contributed by atoms with Crippen LogP contribution in [0.4, 0.5) is 34.1 Å². The molecule has 4 nitrogen and oxygen atoms in total. The second-order valence-corrected chi connectivity index (χ2v) is 8.58. The highest BCUT2D eigenvalue weighted by atomic mass is 32.1. The average molecular weight is 483 g/mol. The number of hydrogen-bond acceptors (Lipinski definition) is 4. The monoisotopic (exact) mass is 482 g/mol. The van der Waals surface area contributed by atoms with Crippen LogP contribution in [0.15, 0.2) is 109 Å². The lowest BCUT2D eigenvalue weighted by Gasteiger charge is -2.27. The van der Waals surface area contributed by atoms with E-state index in [0.717, 1.165) is 34.1 Å². The van der Waals surface area contributed by atoms with Crippen LogP contribution in [0, 0.1) is 0 Å². The predicted octanol–water partition coefficient (Wildman–Crippen LogP) is 7.40. The van der Waals surface area contributed by atoms with Gasteiger partial charge in [-0.1, -0.05) is 60.8 Å². The van der Waals surface area contributed by atoms with Crippen LogP contribution < -0.4 is 20.4 Å². The van der Waals surface area contributed by atoms with Crippen LogP contribution >= 0.6 is 24.4 Å². The molecule has 2 N–H and O–H groups in total. The SMILES string of the molecule is CN(C(=S)C(=S)N(C)c1ccc(Nc2ccccc2)cc1)c1ccc(Nc2ccccc2)cc1. The molecule has 0 aliphatic carbocycles. The Kier molecular flexibility index (Phi) is 7.52. The van der Waals surface area contributed by atoms with E-state index in [1.807, 2.05) is 133 Å². The molecule has 0 amide bonds. The molecule has 0 aliphatic rings. The van der Waals surface area contributed by atoms with Crippen molar-refractivity contribution in [3.63, 3.8) is 0 Å². The van der Waals surface area contributed by atoms with Crippen molar-refractivity contribution in [1.82, 2.24) is 0 Å². The number of rotatable bonds is 6. The van der Waals surface area contributed by atoms with Crippen molar-refractivity contribution < 1.29 is 0 Å². The topological polar surface area (TPSA) is 30.5 Å². The molecule has 4 rings (SSSR count). The van der Waals surface area contributed by atoms with E-state index in [1.54, 1.807) is 0 Å². The number of nitrogens with zero attached hydrogens (tertiary/aromatic N) is 2. The number of likely N-dealkylation sites (N-methyl/N-ethyl adjacent to an activating group) is 2. The van der Waals surface area contributed by atoms with Gasteiger partial charge in [-0.2, -0.15) is 0 Å². The molecular weight excluding hydrogens is 456 g/mol. The molecule has 0 atom stereocenters. The minimum atomic E-state index is 0.591. The summed E-state index contributed by atoms with van der Waals surface area (Å²) < 4.78 is 0. The van der Waals surface area contributed by atoms with Gasteiger partial charge in [0.05, 0.1) is 0 Å². The Morgan fingerprint density at radius 3 is 1.09 bits per heavy atom. The molecule has 0 unspecified atom stereocenters. The number of thiocarbonyl (C=S) groups is 2. The second kappa shape index (κ2) is 10.9. The fraction of sp³-hybridized carbons (Fsp3) is 0.0714. The number of nitrogens with one attached hydrogen (secondary N) is 2. The summed E-state index contributed by atoms with van der Waals surface area (Å²) in [6.07, 6.45) is 0. The van der Waals surface area contributed by atoms with Gasteiger partial charge in [0.15, 0.2) is 0 Å². The molecule has 170 valence electrons. The van der Waals surface area contributed by atoms with E-state index >= 15 is 0 Å². The Labute approximate surface area is 211 Å². The fourth-order valence-electron chi connectivity index (χ4n) is 3.43. The molecule has 0 heterocycles. The van der Waals surface area contributed by atoms with Gasteiger partial charge in [0.1, 0.15) is 9.98 Å². The zero-order valence-electron chi connectivity index (χ0n) is 19.1. The van der Waals surface area contributed by atoms with E-state index in [1.165, 1.54) is 0 Å². The van der Waals surface area contributed by atoms with Crippen molar-refractivity contribution in [2.45, 2.75) is 0 Å². The zero-order valence-corrected chi connectivity index (χ0v) is 20.7. The van der Waals surface area contributed by atoms with E-state index in [2.05, 4.69) is 10.6 Å². The Bertz CT molecular complexity index is 1140. The van der Waals surface area contributed by atoms with Crippen LogP contribution in [0.2, 0.25) is 0 Å². The van der Waals surface area contributed by atoms with E-state index in [9.17, 15) is 0 Å². The summed E-state index contributed by atoms with van der Waals surface area (Å²) >= 11 is 11.4. The van der Waals surface area contributed by atoms with Crippen molar-refractivity contribution in [3.05, 3.63) is 109 Å². The Morgan fingerprint density at radius 1 is 0.471 bits per heavy atom. The summed E-state index contributed by atoms with van der Waals surface area (Å²) in [5.74, 6) is 0. The number of hydrogen-bond donors (Lipinski definition) is 2. The highest BCUT2D eigenvalue weighted by molar-refractivity contribution is 7.89. The maximum Gasteiger partial charge on any atom is 0.141 e. The number of para-hydroxylation sites is 2. The first-order valence-corrected chi connectivity index (χ1v) is 11.7. The Hall–Kier alpha value is -3.74. The Balaban J connectivity index is 1.38. The minimum Gasteiger partial charge on any atom is -0.356 e. The molecule has 4 aromatic carbocycles. The molecular formula is C28H26N4S2. The van der Waals surface area contributed by atoms with E-state index in [4.69, 9.17) is 24.4 Å². The lowest BCUT2D eigenvalue weighted by atomic mass is 10.2. The molecule has 4 aromatic rings. The van der Waals surface area contributed by atoms with Crippen LogP contribution in [0.5, 0.6) is 0 Å². The van der Waals surface area contributed by atoms with Gasteiger partial charge in [0.2, 0.25) is 0 Å². The molecule has 6 heteroatoms. The number of benzene rings is 4. The summed E-state index contributed by atoms with van der Waals surface area (Å²) in [5.41, 5.74) is 6.07. The molecule has 0 saturated heterocycles. The largest absolute Gasteiger partial charge is 0.356 e. The minimum absolute atomic E-state index is 0.591. The average Bonchev–Trinajstić information content (AvgIpc) is 2.89. The smallest absolute Gasteiger partial charge is 0.141 e. The molecule has 0 saturated carbocycles. The standard InChI is InChI=1S/C28H26N4S2/c1-31(25-17-13-23(14-18-25)29-21-9-5-3-6-10-21)27(33)28(34)32(2)26-19-15-24(16-20-26)30-22-11-7-4-8-12-22/h3-20,29-30H,1-2H3. The summed E-state index contributed by atoms with van der Waals surface area (Å²) in [5, 5.41) is 6.78. The number of anilines is 6. The van der Waals surface area contributed by atoms with Gasteiger partial charge >= 0.3 is 0 Å². The first kappa shape index (κ1) is 23.4.